The predicted octanol–water partition coefficient (Wildman–Crippen LogP) is 3.89. The lowest BCUT2D eigenvalue weighted by molar-refractivity contribution is -0.128. The van der Waals surface area contributed by atoms with E-state index in [1.807, 2.05) is 69.3 Å². The SMILES string of the molecule is CCC(CC)NC(=O)C1CN(C(=O)c2cc(C)n(-c3ccccc3)n2)c2ccccc2O1. The lowest BCUT2D eigenvalue weighted by Crippen LogP contribution is -2.52. The van der Waals surface area contributed by atoms with Crippen LogP contribution in [0.4, 0.5) is 5.69 Å². The summed E-state index contributed by atoms with van der Waals surface area (Å²) in [6.07, 6.45) is 0.890. The summed E-state index contributed by atoms with van der Waals surface area (Å²) in [7, 11) is 0. The van der Waals surface area contributed by atoms with Gasteiger partial charge in [-0.25, -0.2) is 4.68 Å². The van der Waals surface area contributed by atoms with Gasteiger partial charge in [0.15, 0.2) is 11.8 Å². The molecule has 1 atom stereocenters. The molecule has 1 unspecified atom stereocenters. The summed E-state index contributed by atoms with van der Waals surface area (Å²) in [6, 6.07) is 18.8. The van der Waals surface area contributed by atoms with E-state index in [0.29, 0.717) is 17.1 Å². The molecule has 166 valence electrons. The molecule has 2 amide bonds. The molecule has 0 radical (unpaired) electrons. The van der Waals surface area contributed by atoms with Gasteiger partial charge in [0.05, 0.1) is 17.9 Å². The maximum atomic E-state index is 13.5. The van der Waals surface area contributed by atoms with Crippen LogP contribution in [0.25, 0.3) is 5.69 Å². The zero-order valence-electron chi connectivity index (χ0n) is 18.6. The van der Waals surface area contributed by atoms with Gasteiger partial charge in [0, 0.05) is 11.7 Å². The molecule has 0 saturated carbocycles. The normalized spacial score (nSPS) is 15.2. The van der Waals surface area contributed by atoms with Crippen molar-refractivity contribution in [2.45, 2.75) is 45.8 Å². The molecule has 1 aliphatic heterocycles. The van der Waals surface area contributed by atoms with Gasteiger partial charge in [0.1, 0.15) is 5.75 Å². The molecule has 4 rings (SSSR count). The number of rotatable bonds is 6. The summed E-state index contributed by atoms with van der Waals surface area (Å²) < 4.78 is 7.71. The van der Waals surface area contributed by atoms with Crippen LogP contribution in [0.3, 0.4) is 0 Å². The summed E-state index contributed by atoms with van der Waals surface area (Å²) >= 11 is 0. The number of fused-ring (bicyclic) bond motifs is 1. The van der Waals surface area contributed by atoms with Crippen molar-refractivity contribution in [3.05, 3.63) is 72.1 Å². The summed E-state index contributed by atoms with van der Waals surface area (Å²) in [5, 5.41) is 7.59. The van der Waals surface area contributed by atoms with Crippen LogP contribution < -0.4 is 15.0 Å². The Balaban J connectivity index is 1.63. The number of carbonyl (C=O) groups excluding carboxylic acids is 2. The molecule has 32 heavy (non-hydrogen) atoms. The van der Waals surface area contributed by atoms with E-state index in [0.717, 1.165) is 24.2 Å². The number of para-hydroxylation sites is 3. The molecular formula is C25H28N4O3. The summed E-state index contributed by atoms with van der Waals surface area (Å²) in [5.74, 6) is 0.0341. The largest absolute Gasteiger partial charge is 0.477 e. The Morgan fingerprint density at radius 1 is 1.09 bits per heavy atom. The Kier molecular flexibility index (Phi) is 6.25. The van der Waals surface area contributed by atoms with Crippen molar-refractivity contribution < 1.29 is 14.3 Å². The fourth-order valence-corrected chi connectivity index (χ4v) is 3.90. The number of carbonyl (C=O) groups is 2. The van der Waals surface area contributed by atoms with Gasteiger partial charge in [-0.2, -0.15) is 5.10 Å². The van der Waals surface area contributed by atoms with Crippen molar-refractivity contribution >= 4 is 17.5 Å². The van der Waals surface area contributed by atoms with Crippen molar-refractivity contribution in [1.29, 1.82) is 0 Å². The Morgan fingerprint density at radius 2 is 1.78 bits per heavy atom. The second-order valence-corrected chi connectivity index (χ2v) is 7.93. The summed E-state index contributed by atoms with van der Waals surface area (Å²) in [4.78, 5) is 28.0. The zero-order chi connectivity index (χ0) is 22.7. The predicted molar refractivity (Wildman–Crippen MR) is 123 cm³/mol. The molecule has 2 heterocycles. The fourth-order valence-electron chi connectivity index (χ4n) is 3.90. The van der Waals surface area contributed by atoms with Crippen LogP contribution in [-0.4, -0.2) is 40.3 Å². The quantitative estimate of drug-likeness (QED) is 0.641. The molecule has 0 saturated heterocycles. The van der Waals surface area contributed by atoms with Gasteiger partial charge >= 0.3 is 0 Å². The van der Waals surface area contributed by atoms with E-state index in [4.69, 9.17) is 4.74 Å². The van der Waals surface area contributed by atoms with Crippen molar-refractivity contribution in [3.8, 4) is 11.4 Å². The van der Waals surface area contributed by atoms with Gasteiger partial charge in [-0.1, -0.05) is 44.2 Å². The van der Waals surface area contributed by atoms with E-state index in [2.05, 4.69) is 10.4 Å². The first-order valence-electron chi connectivity index (χ1n) is 11.0. The van der Waals surface area contributed by atoms with E-state index >= 15 is 0 Å². The van der Waals surface area contributed by atoms with Gasteiger partial charge in [-0.3, -0.25) is 14.5 Å². The monoisotopic (exact) mass is 432 g/mol. The van der Waals surface area contributed by atoms with Crippen molar-refractivity contribution in [3.63, 3.8) is 0 Å². The molecule has 3 aromatic rings. The molecule has 0 spiro atoms. The Labute approximate surface area is 188 Å². The van der Waals surface area contributed by atoms with Crippen LogP contribution >= 0.6 is 0 Å². The van der Waals surface area contributed by atoms with Crippen LogP contribution in [0.2, 0.25) is 0 Å². The Bertz CT molecular complexity index is 1110. The molecule has 7 heteroatoms. The average molecular weight is 433 g/mol. The van der Waals surface area contributed by atoms with Gasteiger partial charge in [-0.05, 0) is 50.1 Å². The number of amides is 2. The molecule has 1 aliphatic rings. The lowest BCUT2D eigenvalue weighted by Gasteiger charge is -2.34. The molecule has 0 aliphatic carbocycles. The van der Waals surface area contributed by atoms with Crippen molar-refractivity contribution in [1.82, 2.24) is 15.1 Å². The Hall–Kier alpha value is -3.61. The first-order chi connectivity index (χ1) is 15.5. The van der Waals surface area contributed by atoms with Crippen LogP contribution in [0.5, 0.6) is 5.75 Å². The maximum absolute atomic E-state index is 13.5. The standard InChI is InChI=1S/C25H28N4O3/c1-4-18(5-2)26-24(30)23-16-28(21-13-9-10-14-22(21)32-23)25(31)20-15-17(3)29(27-20)19-11-7-6-8-12-19/h6-15,18,23H,4-5,16H2,1-3H3,(H,26,30). The number of benzene rings is 2. The number of ether oxygens (including phenoxy) is 1. The average Bonchev–Trinajstić information content (AvgIpc) is 3.23. The van der Waals surface area contributed by atoms with Crippen LogP contribution in [0.1, 0.15) is 42.9 Å². The minimum Gasteiger partial charge on any atom is -0.477 e. The number of anilines is 1. The first-order valence-corrected chi connectivity index (χ1v) is 11.0. The fraction of sp³-hybridized carbons (Fsp3) is 0.320. The minimum atomic E-state index is -0.785. The summed E-state index contributed by atoms with van der Waals surface area (Å²) in [5.41, 5.74) is 2.69. The zero-order valence-corrected chi connectivity index (χ0v) is 18.6. The molecule has 7 nitrogen and oxygen atoms in total. The van der Waals surface area contributed by atoms with Crippen LogP contribution in [0.15, 0.2) is 60.7 Å². The third-order valence-electron chi connectivity index (χ3n) is 5.75. The third-order valence-corrected chi connectivity index (χ3v) is 5.75. The number of hydrogen-bond donors (Lipinski definition) is 1. The third kappa shape index (κ3) is 4.23. The maximum Gasteiger partial charge on any atom is 0.279 e. The highest BCUT2D eigenvalue weighted by atomic mass is 16.5. The van der Waals surface area contributed by atoms with Crippen LogP contribution in [-0.2, 0) is 4.79 Å². The molecule has 1 N–H and O–H groups in total. The van der Waals surface area contributed by atoms with E-state index in [-0.39, 0.29) is 24.4 Å². The Morgan fingerprint density at radius 3 is 2.50 bits per heavy atom. The number of aryl methyl sites for hydroxylation is 1. The molecule has 2 aromatic carbocycles. The highest BCUT2D eigenvalue weighted by Crippen LogP contribution is 2.34. The number of nitrogens with one attached hydrogen (secondary N) is 1. The topological polar surface area (TPSA) is 76.5 Å². The molecule has 0 bridgehead atoms. The van der Waals surface area contributed by atoms with Crippen molar-refractivity contribution in [2.75, 3.05) is 11.4 Å². The minimum absolute atomic E-state index is 0.0802. The number of hydrogen-bond acceptors (Lipinski definition) is 4. The van der Waals surface area contributed by atoms with Gasteiger partial charge in [0.2, 0.25) is 0 Å². The highest BCUT2D eigenvalue weighted by molar-refractivity contribution is 6.06. The van der Waals surface area contributed by atoms with E-state index in [1.165, 1.54) is 0 Å². The first kappa shape index (κ1) is 21.6. The smallest absolute Gasteiger partial charge is 0.279 e. The second kappa shape index (κ2) is 9.26. The highest BCUT2D eigenvalue weighted by Gasteiger charge is 2.35. The molecule has 0 fully saturated rings. The van der Waals surface area contributed by atoms with Crippen molar-refractivity contribution in [2.24, 2.45) is 0 Å². The molecule has 1 aromatic heterocycles. The second-order valence-electron chi connectivity index (χ2n) is 7.93. The number of nitrogens with zero attached hydrogens (tertiary/aromatic N) is 3. The lowest BCUT2D eigenvalue weighted by atomic mass is 10.1. The van der Waals surface area contributed by atoms with E-state index < -0.39 is 6.10 Å². The van der Waals surface area contributed by atoms with Gasteiger partial charge in [-0.15, -0.1) is 0 Å². The van der Waals surface area contributed by atoms with Gasteiger partial charge in [0.25, 0.3) is 11.8 Å². The molecular weight excluding hydrogens is 404 g/mol. The number of aromatic nitrogens is 2. The van der Waals surface area contributed by atoms with E-state index in [1.54, 1.807) is 21.7 Å². The van der Waals surface area contributed by atoms with Gasteiger partial charge < -0.3 is 10.1 Å². The summed E-state index contributed by atoms with van der Waals surface area (Å²) in [6.45, 7) is 6.11. The van der Waals surface area contributed by atoms with Crippen LogP contribution in [0, 0.1) is 6.92 Å². The van der Waals surface area contributed by atoms with E-state index in [9.17, 15) is 9.59 Å².